The molecule has 0 aliphatic heterocycles. The first kappa shape index (κ1) is 21.3. The maximum absolute atomic E-state index is 13.9. The van der Waals surface area contributed by atoms with E-state index in [9.17, 15) is 14.0 Å². The lowest BCUT2D eigenvalue weighted by Gasteiger charge is -2.07. The number of nitrogens with zero attached hydrogens (tertiary/aromatic N) is 1. The molecule has 4 rings (SSSR count). The van der Waals surface area contributed by atoms with Crippen LogP contribution in [-0.2, 0) is 0 Å². The van der Waals surface area contributed by atoms with Crippen LogP contribution in [-0.4, -0.2) is 24.0 Å². The molecule has 0 unspecified atom stereocenters. The van der Waals surface area contributed by atoms with E-state index in [4.69, 9.17) is 4.74 Å². The summed E-state index contributed by atoms with van der Waals surface area (Å²) in [5.41, 5.74) is 1.21. The van der Waals surface area contributed by atoms with E-state index in [1.807, 2.05) is 25.1 Å². The van der Waals surface area contributed by atoms with Gasteiger partial charge in [-0.2, -0.15) is 0 Å². The van der Waals surface area contributed by atoms with E-state index in [1.165, 1.54) is 30.6 Å². The summed E-state index contributed by atoms with van der Waals surface area (Å²) < 4.78 is 20.6. The van der Waals surface area contributed by atoms with E-state index in [0.717, 1.165) is 15.6 Å². The third kappa shape index (κ3) is 4.84. The number of halogens is 1. The average Bonchev–Trinajstić information content (AvgIpc) is 3.17. The lowest BCUT2D eigenvalue weighted by Crippen LogP contribution is -2.19. The number of carbonyl (C=O) groups is 2. The monoisotopic (exact) mass is 450 g/mol. The molecule has 7 nitrogen and oxygen atoms in total. The number of fused-ring (bicyclic) bond motifs is 1. The largest absolute Gasteiger partial charge is 0.457 e. The van der Waals surface area contributed by atoms with Crippen molar-refractivity contribution in [3.63, 3.8) is 0 Å². The van der Waals surface area contributed by atoms with Gasteiger partial charge in [-0.05, 0) is 60.3 Å². The number of benzene rings is 2. The topological polar surface area (TPSA) is 92.4 Å². The Morgan fingerprint density at radius 2 is 1.81 bits per heavy atom. The molecule has 0 spiro atoms. The Morgan fingerprint density at radius 3 is 2.62 bits per heavy atom. The number of nitrogens with one attached hydrogen (secondary N) is 3. The first-order chi connectivity index (χ1) is 15.4. The van der Waals surface area contributed by atoms with Crippen LogP contribution >= 0.6 is 11.3 Å². The standard InChI is InChI=1S/C23H19FN4O3S/c1-13-3-6-17(24)18(9-13)27-23(30)28-21-10-14-4-5-15(12-20(14)32-21)31-16-7-8-26-19(11-16)22(29)25-2/h3-12H,1-2H3,(H,25,29)(H2,27,28,30). The molecule has 4 aromatic rings. The number of hydrogen-bond acceptors (Lipinski definition) is 5. The van der Waals surface area contributed by atoms with Crippen LogP contribution in [0.3, 0.4) is 0 Å². The minimum Gasteiger partial charge on any atom is -0.457 e. The quantitative estimate of drug-likeness (QED) is 0.372. The van der Waals surface area contributed by atoms with Gasteiger partial charge in [0.25, 0.3) is 5.91 Å². The summed E-state index contributed by atoms with van der Waals surface area (Å²) in [6.07, 6.45) is 1.50. The van der Waals surface area contributed by atoms with E-state index in [0.29, 0.717) is 16.5 Å². The number of carbonyl (C=O) groups excluding carboxylic acids is 2. The molecule has 3 amide bonds. The molecule has 0 aliphatic carbocycles. The molecule has 0 saturated carbocycles. The normalized spacial score (nSPS) is 10.6. The Balaban J connectivity index is 1.48. The average molecular weight is 450 g/mol. The van der Waals surface area contributed by atoms with E-state index >= 15 is 0 Å². The number of rotatable bonds is 5. The van der Waals surface area contributed by atoms with Crippen molar-refractivity contribution in [2.75, 3.05) is 17.7 Å². The van der Waals surface area contributed by atoms with Crippen LogP contribution in [0.15, 0.2) is 60.8 Å². The van der Waals surface area contributed by atoms with Crippen molar-refractivity contribution in [3.8, 4) is 11.5 Å². The second kappa shape index (κ2) is 9.03. The molecule has 0 bridgehead atoms. The SMILES string of the molecule is CNC(=O)c1cc(Oc2ccc3cc(NC(=O)Nc4cc(C)ccc4F)sc3c2)ccn1. The smallest absolute Gasteiger partial charge is 0.324 e. The van der Waals surface area contributed by atoms with Crippen molar-refractivity contribution >= 4 is 44.0 Å². The second-order valence-electron chi connectivity index (χ2n) is 6.93. The van der Waals surface area contributed by atoms with Gasteiger partial charge < -0.3 is 15.4 Å². The Kier molecular flexibility index (Phi) is 6.00. The number of aromatic nitrogens is 1. The molecule has 2 heterocycles. The van der Waals surface area contributed by atoms with Crippen LogP contribution in [0.2, 0.25) is 0 Å². The number of pyridine rings is 1. The summed E-state index contributed by atoms with van der Waals surface area (Å²) in [6, 6.07) is 14.5. The van der Waals surface area contributed by atoms with Gasteiger partial charge in [0.05, 0.1) is 10.7 Å². The van der Waals surface area contributed by atoms with Crippen molar-refractivity contribution in [1.82, 2.24) is 10.3 Å². The molecule has 2 aromatic carbocycles. The summed E-state index contributed by atoms with van der Waals surface area (Å²) in [7, 11) is 1.53. The molecule has 32 heavy (non-hydrogen) atoms. The number of ether oxygens (including phenoxy) is 1. The van der Waals surface area contributed by atoms with E-state index < -0.39 is 11.8 Å². The highest BCUT2D eigenvalue weighted by atomic mass is 32.1. The highest BCUT2D eigenvalue weighted by Crippen LogP contribution is 2.34. The molecular weight excluding hydrogens is 431 g/mol. The zero-order valence-electron chi connectivity index (χ0n) is 17.2. The van der Waals surface area contributed by atoms with Gasteiger partial charge in [-0.25, -0.2) is 9.18 Å². The van der Waals surface area contributed by atoms with Gasteiger partial charge in [0.2, 0.25) is 0 Å². The van der Waals surface area contributed by atoms with Gasteiger partial charge in [-0.3, -0.25) is 15.1 Å². The molecule has 3 N–H and O–H groups in total. The summed E-state index contributed by atoms with van der Waals surface area (Å²) in [4.78, 5) is 28.1. The molecule has 0 radical (unpaired) electrons. The van der Waals surface area contributed by atoms with Crippen LogP contribution in [0.5, 0.6) is 11.5 Å². The van der Waals surface area contributed by atoms with E-state index in [-0.39, 0.29) is 17.3 Å². The van der Waals surface area contributed by atoms with Crippen molar-refractivity contribution in [2.45, 2.75) is 6.92 Å². The maximum atomic E-state index is 13.9. The highest BCUT2D eigenvalue weighted by Gasteiger charge is 2.11. The van der Waals surface area contributed by atoms with Crippen LogP contribution < -0.4 is 20.7 Å². The number of anilines is 2. The van der Waals surface area contributed by atoms with E-state index in [1.54, 1.807) is 30.3 Å². The summed E-state index contributed by atoms with van der Waals surface area (Å²) in [6.45, 7) is 1.82. The van der Waals surface area contributed by atoms with Crippen LogP contribution in [0.4, 0.5) is 19.9 Å². The van der Waals surface area contributed by atoms with Gasteiger partial charge in [0, 0.05) is 24.0 Å². The minimum atomic E-state index is -0.531. The van der Waals surface area contributed by atoms with Gasteiger partial charge >= 0.3 is 6.03 Å². The third-order valence-electron chi connectivity index (χ3n) is 4.53. The fourth-order valence-electron chi connectivity index (χ4n) is 3.00. The second-order valence-corrected chi connectivity index (χ2v) is 8.01. The minimum absolute atomic E-state index is 0.118. The lowest BCUT2D eigenvalue weighted by atomic mass is 10.2. The van der Waals surface area contributed by atoms with Crippen LogP contribution in [0.1, 0.15) is 16.1 Å². The van der Waals surface area contributed by atoms with Crippen LogP contribution in [0.25, 0.3) is 10.1 Å². The Morgan fingerprint density at radius 1 is 1.00 bits per heavy atom. The summed E-state index contributed by atoms with van der Waals surface area (Å²) in [5, 5.41) is 9.30. The Bertz CT molecular complexity index is 1320. The van der Waals surface area contributed by atoms with Gasteiger partial charge in [0.1, 0.15) is 23.0 Å². The molecule has 0 saturated heterocycles. The highest BCUT2D eigenvalue weighted by molar-refractivity contribution is 7.23. The molecule has 0 aliphatic rings. The molecule has 2 aromatic heterocycles. The fourth-order valence-corrected chi connectivity index (χ4v) is 3.99. The predicted octanol–water partition coefficient (Wildman–Crippen LogP) is 5.54. The maximum Gasteiger partial charge on any atom is 0.324 e. The summed E-state index contributed by atoms with van der Waals surface area (Å²) in [5.74, 6) is 0.252. The molecule has 9 heteroatoms. The van der Waals surface area contributed by atoms with Crippen molar-refractivity contribution in [2.24, 2.45) is 0 Å². The van der Waals surface area contributed by atoms with Crippen molar-refractivity contribution < 1.29 is 18.7 Å². The van der Waals surface area contributed by atoms with Gasteiger partial charge in [-0.1, -0.05) is 6.07 Å². The molecule has 162 valence electrons. The number of thiophene rings is 1. The van der Waals surface area contributed by atoms with Crippen molar-refractivity contribution in [3.05, 3.63) is 77.9 Å². The first-order valence-corrected chi connectivity index (χ1v) is 10.5. The van der Waals surface area contributed by atoms with Gasteiger partial charge in [0.15, 0.2) is 0 Å². The Labute approximate surface area is 187 Å². The molecular formula is C23H19FN4O3S. The van der Waals surface area contributed by atoms with Crippen LogP contribution in [0, 0.1) is 12.7 Å². The third-order valence-corrected chi connectivity index (χ3v) is 5.54. The lowest BCUT2D eigenvalue weighted by molar-refractivity contribution is 0.0958. The zero-order valence-corrected chi connectivity index (χ0v) is 18.0. The molecule has 0 fully saturated rings. The Hall–Kier alpha value is -3.98. The number of hydrogen-bond donors (Lipinski definition) is 3. The summed E-state index contributed by atoms with van der Waals surface area (Å²) >= 11 is 1.36. The first-order valence-electron chi connectivity index (χ1n) is 9.65. The van der Waals surface area contributed by atoms with E-state index in [2.05, 4.69) is 20.9 Å². The molecule has 0 atom stereocenters. The van der Waals surface area contributed by atoms with Crippen molar-refractivity contribution in [1.29, 1.82) is 0 Å². The number of amides is 3. The number of urea groups is 1. The van der Waals surface area contributed by atoms with Gasteiger partial charge in [-0.15, -0.1) is 11.3 Å². The number of aryl methyl sites for hydroxylation is 1. The fraction of sp³-hybridized carbons (Fsp3) is 0.0870. The predicted molar refractivity (Wildman–Crippen MR) is 123 cm³/mol. The zero-order chi connectivity index (χ0) is 22.7.